The number of nitrogens with two attached hydrogens (primary N) is 1. The highest BCUT2D eigenvalue weighted by Gasteiger charge is 2.34. The highest BCUT2D eigenvalue weighted by atomic mass is 16.7. The number of benzene rings is 1. The number of hydrogen-bond acceptors (Lipinski definition) is 5. The first kappa shape index (κ1) is 14.5. The molecule has 5 nitrogen and oxygen atoms in total. The molecule has 2 N–H and O–H groups in total. The van der Waals surface area contributed by atoms with Crippen LogP contribution in [-0.2, 0) is 0 Å². The lowest BCUT2D eigenvalue weighted by atomic mass is 10.0. The largest absolute Gasteiger partial charge is 0.493 e. The Kier molecular flexibility index (Phi) is 4.22. The van der Waals surface area contributed by atoms with Crippen LogP contribution in [0.3, 0.4) is 0 Å². The van der Waals surface area contributed by atoms with Gasteiger partial charge in [0.05, 0.1) is 7.11 Å². The lowest BCUT2D eigenvalue weighted by molar-refractivity contribution is 0.171. The Labute approximate surface area is 126 Å². The Bertz CT molecular complexity index is 503. The first-order valence-electron chi connectivity index (χ1n) is 7.71. The summed E-state index contributed by atoms with van der Waals surface area (Å²) in [5, 5.41) is 0. The normalized spacial score (nSPS) is 18.1. The van der Waals surface area contributed by atoms with Gasteiger partial charge in [-0.15, -0.1) is 0 Å². The molecule has 1 heterocycles. The van der Waals surface area contributed by atoms with E-state index in [1.54, 1.807) is 7.11 Å². The average Bonchev–Trinajstić information content (AvgIpc) is 3.23. The first-order valence-corrected chi connectivity index (χ1v) is 7.71. The predicted molar refractivity (Wildman–Crippen MR) is 80.9 cm³/mol. The summed E-state index contributed by atoms with van der Waals surface area (Å²) < 4.78 is 16.4. The fourth-order valence-electron chi connectivity index (χ4n) is 3.06. The summed E-state index contributed by atoms with van der Waals surface area (Å²) in [6.07, 6.45) is 3.69. The Morgan fingerprint density at radius 2 is 2.19 bits per heavy atom. The molecule has 0 spiro atoms. The zero-order chi connectivity index (χ0) is 14.8. The van der Waals surface area contributed by atoms with Gasteiger partial charge in [-0.25, -0.2) is 0 Å². The number of fused-ring (bicyclic) bond motifs is 1. The van der Waals surface area contributed by atoms with E-state index in [1.807, 2.05) is 12.1 Å². The van der Waals surface area contributed by atoms with E-state index in [9.17, 15) is 0 Å². The van der Waals surface area contributed by atoms with E-state index in [-0.39, 0.29) is 12.8 Å². The molecule has 0 bridgehead atoms. The molecule has 0 radical (unpaired) electrons. The lowest BCUT2D eigenvalue weighted by Gasteiger charge is -2.31. The summed E-state index contributed by atoms with van der Waals surface area (Å²) in [7, 11) is 1.66. The van der Waals surface area contributed by atoms with Gasteiger partial charge in [0.1, 0.15) is 0 Å². The molecule has 1 fully saturated rings. The molecular weight excluding hydrogens is 268 g/mol. The molecule has 3 rings (SSSR count). The SMILES string of the molecule is CCCN(C1CC1)C(CN)c1cc(OC)c2c(c1)OCO2. The fraction of sp³-hybridized carbons (Fsp3) is 0.625. The Balaban J connectivity index is 1.92. The molecule has 116 valence electrons. The summed E-state index contributed by atoms with van der Waals surface area (Å²) in [6, 6.07) is 4.97. The molecule has 1 aliphatic heterocycles. The van der Waals surface area contributed by atoms with Gasteiger partial charge in [-0.3, -0.25) is 4.90 Å². The zero-order valence-electron chi connectivity index (χ0n) is 12.8. The van der Waals surface area contributed by atoms with Gasteiger partial charge >= 0.3 is 0 Å². The van der Waals surface area contributed by atoms with E-state index >= 15 is 0 Å². The predicted octanol–water partition coefficient (Wildman–Crippen LogP) is 2.30. The average molecular weight is 292 g/mol. The van der Waals surface area contributed by atoms with Gasteiger partial charge in [0.15, 0.2) is 11.5 Å². The van der Waals surface area contributed by atoms with Crippen molar-refractivity contribution in [2.75, 3.05) is 27.0 Å². The minimum Gasteiger partial charge on any atom is -0.493 e. The van der Waals surface area contributed by atoms with Gasteiger partial charge in [-0.1, -0.05) is 6.92 Å². The molecule has 1 unspecified atom stereocenters. The quantitative estimate of drug-likeness (QED) is 0.835. The monoisotopic (exact) mass is 292 g/mol. The van der Waals surface area contributed by atoms with Gasteiger partial charge in [0.2, 0.25) is 12.5 Å². The third-order valence-electron chi connectivity index (χ3n) is 4.19. The van der Waals surface area contributed by atoms with E-state index in [4.69, 9.17) is 19.9 Å². The van der Waals surface area contributed by atoms with Crippen LogP contribution in [0.25, 0.3) is 0 Å². The number of rotatable bonds is 7. The summed E-state index contributed by atoms with van der Waals surface area (Å²) in [6.45, 7) is 4.13. The van der Waals surface area contributed by atoms with Crippen molar-refractivity contribution in [2.24, 2.45) is 5.73 Å². The van der Waals surface area contributed by atoms with Crippen molar-refractivity contribution in [3.05, 3.63) is 17.7 Å². The molecule has 1 atom stereocenters. The number of ether oxygens (including phenoxy) is 3. The topological polar surface area (TPSA) is 57.0 Å². The van der Waals surface area contributed by atoms with Crippen LogP contribution >= 0.6 is 0 Å². The van der Waals surface area contributed by atoms with Crippen molar-refractivity contribution in [1.82, 2.24) is 4.90 Å². The van der Waals surface area contributed by atoms with E-state index in [1.165, 1.54) is 12.8 Å². The van der Waals surface area contributed by atoms with Crippen LogP contribution in [0, 0.1) is 0 Å². The third-order valence-corrected chi connectivity index (χ3v) is 4.19. The highest BCUT2D eigenvalue weighted by Crippen LogP contribution is 2.44. The van der Waals surface area contributed by atoms with E-state index < -0.39 is 0 Å². The maximum absolute atomic E-state index is 6.08. The van der Waals surface area contributed by atoms with Gasteiger partial charge < -0.3 is 19.9 Å². The van der Waals surface area contributed by atoms with Crippen LogP contribution in [-0.4, -0.2) is 37.9 Å². The molecule has 0 amide bonds. The standard InChI is InChI=1S/C16H24N2O3/c1-3-6-18(12-4-5-12)13(9-17)11-7-14(19-2)16-15(8-11)20-10-21-16/h7-8,12-13H,3-6,9-10,17H2,1-2H3. The molecule has 1 aromatic carbocycles. The molecule has 5 heteroatoms. The Morgan fingerprint density at radius 3 is 2.81 bits per heavy atom. The van der Waals surface area contributed by atoms with Gasteiger partial charge in [-0.2, -0.15) is 0 Å². The summed E-state index contributed by atoms with van der Waals surface area (Å²) in [5.74, 6) is 2.19. The molecule has 1 aliphatic carbocycles. The van der Waals surface area contributed by atoms with E-state index in [0.717, 1.165) is 30.0 Å². The summed E-state index contributed by atoms with van der Waals surface area (Å²) >= 11 is 0. The maximum atomic E-state index is 6.08. The van der Waals surface area contributed by atoms with Crippen LogP contribution in [0.2, 0.25) is 0 Å². The number of nitrogens with zero attached hydrogens (tertiary/aromatic N) is 1. The fourth-order valence-corrected chi connectivity index (χ4v) is 3.06. The van der Waals surface area contributed by atoms with Gasteiger partial charge in [-0.05, 0) is 43.5 Å². The Hall–Kier alpha value is -1.46. The van der Waals surface area contributed by atoms with Gasteiger partial charge in [0, 0.05) is 18.6 Å². The van der Waals surface area contributed by atoms with Crippen LogP contribution in [0.15, 0.2) is 12.1 Å². The molecule has 1 saturated carbocycles. The summed E-state index contributed by atoms with van der Waals surface area (Å²) in [4.78, 5) is 2.52. The maximum Gasteiger partial charge on any atom is 0.231 e. The van der Waals surface area contributed by atoms with Crippen molar-refractivity contribution in [2.45, 2.75) is 38.3 Å². The second-order valence-electron chi connectivity index (χ2n) is 5.68. The number of hydrogen-bond donors (Lipinski definition) is 1. The smallest absolute Gasteiger partial charge is 0.231 e. The number of methoxy groups -OCH3 is 1. The van der Waals surface area contributed by atoms with Crippen molar-refractivity contribution in [1.29, 1.82) is 0 Å². The van der Waals surface area contributed by atoms with Crippen molar-refractivity contribution in [3.63, 3.8) is 0 Å². The van der Waals surface area contributed by atoms with E-state index in [0.29, 0.717) is 18.3 Å². The zero-order valence-corrected chi connectivity index (χ0v) is 12.8. The Morgan fingerprint density at radius 1 is 1.38 bits per heavy atom. The second kappa shape index (κ2) is 6.12. The molecule has 0 saturated heterocycles. The third kappa shape index (κ3) is 2.80. The van der Waals surface area contributed by atoms with Crippen LogP contribution in [0.4, 0.5) is 0 Å². The molecule has 21 heavy (non-hydrogen) atoms. The minimum atomic E-state index is 0.209. The lowest BCUT2D eigenvalue weighted by Crippen LogP contribution is -2.36. The highest BCUT2D eigenvalue weighted by molar-refractivity contribution is 5.55. The molecule has 0 aromatic heterocycles. The molecule has 1 aromatic rings. The van der Waals surface area contributed by atoms with Crippen molar-refractivity contribution in [3.8, 4) is 17.2 Å². The second-order valence-corrected chi connectivity index (χ2v) is 5.68. The first-order chi connectivity index (χ1) is 10.3. The van der Waals surface area contributed by atoms with Crippen LogP contribution in [0.1, 0.15) is 37.8 Å². The van der Waals surface area contributed by atoms with Crippen LogP contribution < -0.4 is 19.9 Å². The van der Waals surface area contributed by atoms with Crippen molar-refractivity contribution < 1.29 is 14.2 Å². The summed E-state index contributed by atoms with van der Waals surface area (Å²) in [5.41, 5.74) is 7.24. The molecular formula is C16H24N2O3. The molecule has 2 aliphatic rings. The minimum absolute atomic E-state index is 0.209. The van der Waals surface area contributed by atoms with Crippen LogP contribution in [0.5, 0.6) is 17.2 Å². The van der Waals surface area contributed by atoms with Crippen molar-refractivity contribution >= 4 is 0 Å². The van der Waals surface area contributed by atoms with E-state index in [2.05, 4.69) is 11.8 Å². The van der Waals surface area contributed by atoms with Gasteiger partial charge in [0.25, 0.3) is 0 Å².